The van der Waals surface area contributed by atoms with E-state index in [0.29, 0.717) is 6.54 Å². The quantitative estimate of drug-likeness (QED) is 0.687. The Bertz CT molecular complexity index is 379. The standard InChI is InChI=1S/C8H10N4/c9-4-3-7-6-11-12-8(7)2-1-5-10-12/h1-2,5-6H,3-4,9H2. The van der Waals surface area contributed by atoms with Gasteiger partial charge in [-0.15, -0.1) is 0 Å². The molecule has 0 aliphatic heterocycles. The van der Waals surface area contributed by atoms with Crippen LogP contribution < -0.4 is 5.73 Å². The molecule has 0 fully saturated rings. The average molecular weight is 162 g/mol. The van der Waals surface area contributed by atoms with E-state index in [9.17, 15) is 0 Å². The Balaban J connectivity index is 2.55. The molecule has 0 saturated carbocycles. The lowest BCUT2D eigenvalue weighted by Gasteiger charge is -1.93. The number of nitrogens with zero attached hydrogens (tertiary/aromatic N) is 3. The molecule has 0 amide bonds. The fraction of sp³-hybridized carbons (Fsp3) is 0.250. The molecule has 0 aliphatic carbocycles. The highest BCUT2D eigenvalue weighted by atomic mass is 15.4. The summed E-state index contributed by atoms with van der Waals surface area (Å²) >= 11 is 0. The van der Waals surface area contributed by atoms with Gasteiger partial charge in [0, 0.05) is 11.8 Å². The summed E-state index contributed by atoms with van der Waals surface area (Å²) < 4.78 is 1.62. The van der Waals surface area contributed by atoms with Crippen LogP contribution in [0.2, 0.25) is 0 Å². The summed E-state index contributed by atoms with van der Waals surface area (Å²) in [5.41, 5.74) is 7.66. The van der Waals surface area contributed by atoms with Gasteiger partial charge in [0.1, 0.15) is 0 Å². The first-order chi connectivity index (χ1) is 5.92. The molecular weight excluding hydrogens is 152 g/mol. The number of hydrogen-bond acceptors (Lipinski definition) is 3. The minimum absolute atomic E-state index is 0.649. The molecule has 62 valence electrons. The number of rotatable bonds is 2. The van der Waals surface area contributed by atoms with Gasteiger partial charge in [-0.2, -0.15) is 14.8 Å². The third-order valence-electron chi connectivity index (χ3n) is 1.80. The fourth-order valence-corrected chi connectivity index (χ4v) is 1.23. The molecule has 12 heavy (non-hydrogen) atoms. The Labute approximate surface area is 70.0 Å². The zero-order valence-electron chi connectivity index (χ0n) is 6.64. The first kappa shape index (κ1) is 7.24. The molecule has 2 heterocycles. The smallest absolute Gasteiger partial charge is 0.0905 e. The minimum atomic E-state index is 0.649. The van der Waals surface area contributed by atoms with E-state index in [1.807, 2.05) is 18.3 Å². The monoisotopic (exact) mass is 162 g/mol. The second kappa shape index (κ2) is 2.91. The maximum absolute atomic E-state index is 5.45. The van der Waals surface area contributed by atoms with E-state index in [-0.39, 0.29) is 0 Å². The highest BCUT2D eigenvalue weighted by Gasteiger charge is 2.01. The molecule has 4 nitrogen and oxygen atoms in total. The Morgan fingerprint density at radius 3 is 3.17 bits per heavy atom. The van der Waals surface area contributed by atoms with Crippen molar-refractivity contribution in [1.29, 1.82) is 0 Å². The van der Waals surface area contributed by atoms with Crippen molar-refractivity contribution in [2.45, 2.75) is 6.42 Å². The van der Waals surface area contributed by atoms with E-state index in [0.717, 1.165) is 17.5 Å². The van der Waals surface area contributed by atoms with Gasteiger partial charge in [-0.05, 0) is 25.1 Å². The van der Waals surface area contributed by atoms with Gasteiger partial charge in [-0.3, -0.25) is 0 Å². The Morgan fingerprint density at radius 2 is 2.33 bits per heavy atom. The van der Waals surface area contributed by atoms with Crippen LogP contribution in [0.15, 0.2) is 24.5 Å². The lowest BCUT2D eigenvalue weighted by Crippen LogP contribution is -2.02. The minimum Gasteiger partial charge on any atom is -0.330 e. The van der Waals surface area contributed by atoms with Gasteiger partial charge in [0.2, 0.25) is 0 Å². The van der Waals surface area contributed by atoms with Gasteiger partial charge in [-0.1, -0.05) is 0 Å². The highest BCUT2D eigenvalue weighted by molar-refractivity contribution is 5.52. The third-order valence-corrected chi connectivity index (χ3v) is 1.80. The van der Waals surface area contributed by atoms with Gasteiger partial charge in [-0.25, -0.2) is 0 Å². The fourth-order valence-electron chi connectivity index (χ4n) is 1.23. The van der Waals surface area contributed by atoms with Gasteiger partial charge in [0.25, 0.3) is 0 Å². The zero-order chi connectivity index (χ0) is 8.39. The second-order valence-electron chi connectivity index (χ2n) is 2.61. The Morgan fingerprint density at radius 1 is 1.42 bits per heavy atom. The number of hydrogen-bond donors (Lipinski definition) is 1. The maximum atomic E-state index is 5.45. The van der Waals surface area contributed by atoms with Crippen LogP contribution >= 0.6 is 0 Å². The Kier molecular flexibility index (Phi) is 1.75. The van der Waals surface area contributed by atoms with E-state index in [1.165, 1.54) is 0 Å². The van der Waals surface area contributed by atoms with E-state index < -0.39 is 0 Å². The van der Waals surface area contributed by atoms with Crippen molar-refractivity contribution in [2.75, 3.05) is 6.54 Å². The first-order valence-electron chi connectivity index (χ1n) is 3.90. The number of fused-ring (bicyclic) bond motifs is 1. The van der Waals surface area contributed by atoms with Crippen LogP contribution in [0.1, 0.15) is 5.56 Å². The van der Waals surface area contributed by atoms with Crippen molar-refractivity contribution >= 4 is 5.52 Å². The lowest BCUT2D eigenvalue weighted by molar-refractivity contribution is 0.800. The van der Waals surface area contributed by atoms with Gasteiger partial charge in [0.05, 0.1) is 11.7 Å². The zero-order valence-corrected chi connectivity index (χ0v) is 6.64. The van der Waals surface area contributed by atoms with Crippen LogP contribution in [0.5, 0.6) is 0 Å². The molecule has 2 aromatic heterocycles. The van der Waals surface area contributed by atoms with E-state index in [1.54, 1.807) is 10.8 Å². The van der Waals surface area contributed by atoms with Crippen LogP contribution in [0.25, 0.3) is 5.52 Å². The molecule has 2 N–H and O–H groups in total. The molecule has 0 bridgehead atoms. The largest absolute Gasteiger partial charge is 0.330 e. The summed E-state index contributed by atoms with van der Waals surface area (Å²) in [6, 6.07) is 3.89. The molecule has 2 rings (SSSR count). The van der Waals surface area contributed by atoms with E-state index >= 15 is 0 Å². The summed E-state index contributed by atoms with van der Waals surface area (Å²) in [6.07, 6.45) is 4.39. The van der Waals surface area contributed by atoms with Crippen molar-refractivity contribution in [3.63, 3.8) is 0 Å². The van der Waals surface area contributed by atoms with Gasteiger partial charge >= 0.3 is 0 Å². The first-order valence-corrected chi connectivity index (χ1v) is 3.90. The Hall–Kier alpha value is -1.42. The van der Waals surface area contributed by atoms with Crippen LogP contribution in [0.4, 0.5) is 0 Å². The summed E-state index contributed by atoms with van der Waals surface area (Å²) in [4.78, 5) is 0. The van der Waals surface area contributed by atoms with Crippen molar-refractivity contribution in [2.24, 2.45) is 5.73 Å². The van der Waals surface area contributed by atoms with E-state index in [2.05, 4.69) is 10.2 Å². The van der Waals surface area contributed by atoms with Crippen molar-refractivity contribution < 1.29 is 0 Å². The molecule has 2 aromatic rings. The molecule has 0 unspecified atom stereocenters. The van der Waals surface area contributed by atoms with Crippen LogP contribution in [-0.4, -0.2) is 21.4 Å². The SMILES string of the molecule is NCCc1cnn2ncccc12. The molecule has 0 spiro atoms. The topological polar surface area (TPSA) is 56.2 Å². The van der Waals surface area contributed by atoms with Crippen LogP contribution in [-0.2, 0) is 6.42 Å². The third kappa shape index (κ3) is 1.06. The molecule has 0 aliphatic rings. The van der Waals surface area contributed by atoms with Crippen molar-refractivity contribution in [3.8, 4) is 0 Å². The van der Waals surface area contributed by atoms with Crippen LogP contribution in [0, 0.1) is 0 Å². The predicted octanol–water partition coefficient (Wildman–Crippen LogP) is 0.230. The molecule has 0 atom stereocenters. The number of nitrogens with two attached hydrogens (primary N) is 1. The van der Waals surface area contributed by atoms with E-state index in [4.69, 9.17) is 5.73 Å². The van der Waals surface area contributed by atoms with Crippen LogP contribution in [0.3, 0.4) is 0 Å². The lowest BCUT2D eigenvalue weighted by atomic mass is 10.2. The normalized spacial score (nSPS) is 10.8. The molecular formula is C8H10N4. The van der Waals surface area contributed by atoms with Crippen molar-refractivity contribution in [1.82, 2.24) is 14.8 Å². The summed E-state index contributed by atoms with van der Waals surface area (Å²) in [6.45, 7) is 0.649. The highest BCUT2D eigenvalue weighted by Crippen LogP contribution is 2.07. The maximum Gasteiger partial charge on any atom is 0.0905 e. The number of aromatic nitrogens is 3. The summed E-state index contributed by atoms with van der Waals surface area (Å²) in [7, 11) is 0. The molecule has 0 radical (unpaired) electrons. The molecule has 0 aromatic carbocycles. The predicted molar refractivity (Wildman–Crippen MR) is 45.7 cm³/mol. The second-order valence-corrected chi connectivity index (χ2v) is 2.61. The molecule has 0 saturated heterocycles. The molecule has 4 heteroatoms. The van der Waals surface area contributed by atoms with Gasteiger partial charge in [0.15, 0.2) is 0 Å². The summed E-state index contributed by atoms with van der Waals surface area (Å²) in [5.74, 6) is 0. The van der Waals surface area contributed by atoms with Crippen molar-refractivity contribution in [3.05, 3.63) is 30.1 Å². The van der Waals surface area contributed by atoms with Gasteiger partial charge < -0.3 is 5.73 Å². The average Bonchev–Trinajstić information content (AvgIpc) is 2.50. The summed E-state index contributed by atoms with van der Waals surface area (Å²) in [5, 5.41) is 8.14.